The lowest BCUT2D eigenvalue weighted by atomic mass is 10.3. The lowest BCUT2D eigenvalue weighted by Gasteiger charge is -2.03. The predicted molar refractivity (Wildman–Crippen MR) is 89.9 cm³/mol. The summed E-state index contributed by atoms with van der Waals surface area (Å²) in [6.45, 7) is 2.27. The minimum atomic E-state index is -0.130. The van der Waals surface area contributed by atoms with Gasteiger partial charge in [-0.2, -0.15) is 0 Å². The summed E-state index contributed by atoms with van der Waals surface area (Å²) in [5, 5.41) is 5.44. The minimum absolute atomic E-state index is 0.130. The van der Waals surface area contributed by atoms with E-state index < -0.39 is 0 Å². The molecule has 6 heteroatoms. The second-order valence-electron chi connectivity index (χ2n) is 5.53. The summed E-state index contributed by atoms with van der Waals surface area (Å²) in [5.41, 5.74) is 1.06. The normalized spacial score (nSPS) is 14.0. The lowest BCUT2D eigenvalue weighted by molar-refractivity contribution is -0.143. The number of rotatable bonds is 8. The first-order valence-corrected chi connectivity index (χ1v) is 9.07. The van der Waals surface area contributed by atoms with E-state index in [2.05, 4.69) is 17.2 Å². The van der Waals surface area contributed by atoms with Crippen LogP contribution in [0.5, 0.6) is 0 Å². The molecule has 0 amide bonds. The fourth-order valence-corrected chi connectivity index (χ4v) is 3.11. The number of nitrogens with zero attached hydrogens (tertiary/aromatic N) is 3. The molecule has 1 saturated carbocycles. The molecule has 3 rings (SSSR count). The number of hydrogen-bond acceptors (Lipinski definition) is 5. The maximum Gasteiger partial charge on any atom is 0.305 e. The first-order chi connectivity index (χ1) is 11.3. The van der Waals surface area contributed by atoms with Gasteiger partial charge < -0.3 is 4.74 Å². The molecule has 0 saturated heterocycles. The van der Waals surface area contributed by atoms with E-state index in [4.69, 9.17) is 9.72 Å². The molecule has 1 aliphatic carbocycles. The van der Waals surface area contributed by atoms with Gasteiger partial charge in [0.25, 0.3) is 0 Å². The topological polar surface area (TPSA) is 57.0 Å². The molecule has 0 unspecified atom stereocenters. The molecule has 1 aromatic carbocycles. The molecule has 23 heavy (non-hydrogen) atoms. The summed E-state index contributed by atoms with van der Waals surface area (Å²) < 4.78 is 6.90. The van der Waals surface area contributed by atoms with Crippen molar-refractivity contribution in [1.29, 1.82) is 0 Å². The van der Waals surface area contributed by atoms with Crippen LogP contribution in [0.3, 0.4) is 0 Å². The molecule has 1 heterocycles. The predicted octanol–water partition coefficient (Wildman–Crippen LogP) is 3.58. The number of esters is 1. The van der Waals surface area contributed by atoms with Crippen LogP contribution in [0, 0.1) is 0 Å². The van der Waals surface area contributed by atoms with Crippen LogP contribution in [0.1, 0.15) is 44.3 Å². The number of aromatic nitrogens is 3. The van der Waals surface area contributed by atoms with E-state index in [1.165, 1.54) is 12.8 Å². The highest BCUT2D eigenvalue weighted by atomic mass is 32.2. The highest BCUT2D eigenvalue weighted by molar-refractivity contribution is 7.99. The molecule has 1 fully saturated rings. The fraction of sp³-hybridized carbons (Fsp3) is 0.471. The Morgan fingerprint density at radius 3 is 2.83 bits per heavy atom. The highest BCUT2D eigenvalue weighted by Crippen LogP contribution is 2.40. The van der Waals surface area contributed by atoms with Crippen molar-refractivity contribution in [2.75, 3.05) is 12.4 Å². The van der Waals surface area contributed by atoms with Gasteiger partial charge in [0.2, 0.25) is 5.16 Å². The van der Waals surface area contributed by atoms with E-state index in [1.807, 2.05) is 29.8 Å². The molecule has 5 nitrogen and oxygen atoms in total. The fourth-order valence-electron chi connectivity index (χ4n) is 2.34. The average Bonchev–Trinajstić information content (AvgIpc) is 3.33. The van der Waals surface area contributed by atoms with Gasteiger partial charge in [0.05, 0.1) is 12.3 Å². The Morgan fingerprint density at radius 2 is 2.13 bits per heavy atom. The molecular weight excluding hydrogens is 310 g/mol. The Bertz CT molecular complexity index is 653. The summed E-state index contributed by atoms with van der Waals surface area (Å²) >= 11 is 1.60. The number of carbonyl (C=O) groups is 1. The third-order valence-electron chi connectivity index (χ3n) is 3.62. The summed E-state index contributed by atoms with van der Waals surface area (Å²) in [6, 6.07) is 10.1. The van der Waals surface area contributed by atoms with Crippen molar-refractivity contribution >= 4 is 17.7 Å². The maximum atomic E-state index is 11.3. The zero-order chi connectivity index (χ0) is 16.1. The minimum Gasteiger partial charge on any atom is -0.466 e. The van der Waals surface area contributed by atoms with Crippen LogP contribution in [-0.2, 0) is 9.53 Å². The Hall–Kier alpha value is -1.82. The van der Waals surface area contributed by atoms with Crippen LogP contribution in [0.25, 0.3) is 5.69 Å². The molecule has 1 aliphatic rings. The second kappa shape index (κ2) is 7.64. The van der Waals surface area contributed by atoms with Crippen molar-refractivity contribution in [2.45, 2.75) is 43.7 Å². The Kier molecular flexibility index (Phi) is 5.33. The lowest BCUT2D eigenvalue weighted by Crippen LogP contribution is -2.03. The van der Waals surface area contributed by atoms with Crippen LogP contribution in [0.4, 0.5) is 0 Å². The first kappa shape index (κ1) is 16.1. The quantitative estimate of drug-likeness (QED) is 0.420. The molecule has 0 atom stereocenters. The number of thioether (sulfide) groups is 1. The van der Waals surface area contributed by atoms with Crippen LogP contribution in [0.2, 0.25) is 0 Å². The molecule has 0 spiro atoms. The van der Waals surface area contributed by atoms with Gasteiger partial charge in [0.1, 0.15) is 5.82 Å². The van der Waals surface area contributed by atoms with E-state index >= 15 is 0 Å². The molecule has 0 aliphatic heterocycles. The first-order valence-electron chi connectivity index (χ1n) is 8.08. The summed E-state index contributed by atoms with van der Waals surface area (Å²) in [6.07, 6.45) is 3.62. The van der Waals surface area contributed by atoms with E-state index in [0.717, 1.165) is 28.8 Å². The Morgan fingerprint density at radius 1 is 1.35 bits per heavy atom. The van der Waals surface area contributed by atoms with Crippen molar-refractivity contribution in [3.63, 3.8) is 0 Å². The van der Waals surface area contributed by atoms with Gasteiger partial charge in [-0.15, -0.1) is 5.10 Å². The standard InChI is InChI=1S/C17H21N3O2S/c1-2-22-15(21)9-6-12-23-17-18-16(13-10-11-13)20(19-17)14-7-4-3-5-8-14/h3-5,7-8,13H,2,6,9-12H2,1H3. The zero-order valence-corrected chi connectivity index (χ0v) is 14.1. The summed E-state index contributed by atoms with van der Waals surface area (Å²) in [7, 11) is 0. The van der Waals surface area contributed by atoms with Gasteiger partial charge in [0, 0.05) is 18.1 Å². The number of ether oxygens (including phenoxy) is 1. The van der Waals surface area contributed by atoms with Gasteiger partial charge in [0.15, 0.2) is 0 Å². The van der Waals surface area contributed by atoms with Gasteiger partial charge in [-0.1, -0.05) is 30.0 Å². The smallest absolute Gasteiger partial charge is 0.305 e. The molecule has 1 aromatic heterocycles. The van der Waals surface area contributed by atoms with Gasteiger partial charge in [-0.05, 0) is 38.3 Å². The number of carbonyl (C=O) groups excluding carboxylic acids is 1. The van der Waals surface area contributed by atoms with Crippen LogP contribution >= 0.6 is 11.8 Å². The second-order valence-corrected chi connectivity index (χ2v) is 6.59. The largest absolute Gasteiger partial charge is 0.466 e. The van der Waals surface area contributed by atoms with Gasteiger partial charge >= 0.3 is 5.97 Å². The third-order valence-corrected chi connectivity index (χ3v) is 4.54. The highest BCUT2D eigenvalue weighted by Gasteiger charge is 2.30. The van der Waals surface area contributed by atoms with E-state index in [-0.39, 0.29) is 5.97 Å². The number of benzene rings is 1. The molecule has 0 bridgehead atoms. The molecule has 2 aromatic rings. The third kappa shape index (κ3) is 4.34. The molecule has 0 radical (unpaired) electrons. The van der Waals surface area contributed by atoms with Crippen molar-refractivity contribution in [1.82, 2.24) is 14.8 Å². The molecular formula is C17H21N3O2S. The maximum absolute atomic E-state index is 11.3. The van der Waals surface area contributed by atoms with Crippen LogP contribution < -0.4 is 0 Å². The summed E-state index contributed by atoms with van der Waals surface area (Å²) in [4.78, 5) is 16.0. The van der Waals surface area contributed by atoms with Crippen molar-refractivity contribution in [3.8, 4) is 5.69 Å². The number of hydrogen-bond donors (Lipinski definition) is 0. The summed E-state index contributed by atoms with van der Waals surface area (Å²) in [5.74, 6) is 2.29. The Labute approximate surface area is 140 Å². The Balaban J connectivity index is 1.61. The van der Waals surface area contributed by atoms with Crippen molar-refractivity contribution < 1.29 is 9.53 Å². The average molecular weight is 331 g/mol. The van der Waals surface area contributed by atoms with E-state index in [1.54, 1.807) is 11.8 Å². The number of para-hydroxylation sites is 1. The van der Waals surface area contributed by atoms with Gasteiger partial charge in [-0.25, -0.2) is 9.67 Å². The van der Waals surface area contributed by atoms with E-state index in [0.29, 0.717) is 18.9 Å². The van der Waals surface area contributed by atoms with Crippen molar-refractivity contribution in [3.05, 3.63) is 36.2 Å². The zero-order valence-electron chi connectivity index (χ0n) is 13.3. The SMILES string of the molecule is CCOC(=O)CCCSc1nc(C2CC2)n(-c2ccccc2)n1. The van der Waals surface area contributed by atoms with Gasteiger partial charge in [-0.3, -0.25) is 4.79 Å². The monoisotopic (exact) mass is 331 g/mol. The molecule has 0 N–H and O–H groups in total. The van der Waals surface area contributed by atoms with Crippen LogP contribution in [-0.4, -0.2) is 33.1 Å². The van der Waals surface area contributed by atoms with Crippen LogP contribution in [0.15, 0.2) is 35.5 Å². The van der Waals surface area contributed by atoms with Crippen molar-refractivity contribution in [2.24, 2.45) is 0 Å². The molecule has 122 valence electrons. The van der Waals surface area contributed by atoms with E-state index in [9.17, 15) is 4.79 Å².